The molecule has 14 rings (SSSR count). The molecule has 2 aliphatic rings. The maximum absolute atomic E-state index is 2.60. The fourth-order valence-corrected chi connectivity index (χ4v) is 14.0. The highest BCUT2D eigenvalue weighted by Crippen LogP contribution is 2.66. The summed E-state index contributed by atoms with van der Waals surface area (Å²) in [5.74, 6) is 0. The zero-order valence-corrected chi connectivity index (χ0v) is 45.9. The third-order valence-corrected chi connectivity index (χ3v) is 17.8. The number of thiophene rings is 1. The Morgan fingerprint density at radius 1 is 0.333 bits per heavy atom. The first kappa shape index (κ1) is 47.7. The van der Waals surface area contributed by atoms with Gasteiger partial charge in [0.05, 0.1) is 11.1 Å². The number of hydrogen-bond acceptors (Lipinski definition) is 3. The monoisotopic (exact) mass is 1020 g/mol. The van der Waals surface area contributed by atoms with E-state index >= 15 is 0 Å². The van der Waals surface area contributed by atoms with Crippen molar-refractivity contribution in [3.63, 3.8) is 0 Å². The molecule has 0 amide bonds. The van der Waals surface area contributed by atoms with Crippen LogP contribution in [-0.4, -0.2) is 0 Å². The summed E-state index contributed by atoms with van der Waals surface area (Å²) in [7, 11) is 0. The Kier molecular flexibility index (Phi) is 11.1. The van der Waals surface area contributed by atoms with Gasteiger partial charge in [-0.15, -0.1) is 11.3 Å². The molecule has 12 aromatic rings. The third kappa shape index (κ3) is 7.58. The van der Waals surface area contributed by atoms with Crippen molar-refractivity contribution in [2.45, 2.75) is 57.8 Å². The molecule has 0 unspecified atom stereocenters. The highest BCUT2D eigenvalue weighted by Gasteiger charge is 2.53. The highest BCUT2D eigenvalue weighted by molar-refractivity contribution is 7.26. The topological polar surface area (TPSA) is 6.48 Å². The van der Waals surface area contributed by atoms with Crippen molar-refractivity contribution in [1.82, 2.24) is 0 Å². The normalized spacial score (nSPS) is 13.1. The molecule has 1 spiro atoms. The number of rotatable bonds is 8. The summed E-state index contributed by atoms with van der Waals surface area (Å²) in [5.41, 5.74) is 23.9. The number of hydrogen-bond donors (Lipinski definition) is 0. The minimum absolute atomic E-state index is 0.00241. The van der Waals surface area contributed by atoms with Gasteiger partial charge in [0.25, 0.3) is 0 Å². The summed E-state index contributed by atoms with van der Waals surface area (Å²) in [5, 5.41) is 2.54. The molecule has 0 fully saturated rings. The second-order valence-electron chi connectivity index (χ2n) is 23.3. The standard InChI is InChI=1S/C75H60N2S/c1-73(2,3)53-33-41-56(42-34-53)76(55-37-29-51(30-38-55)49-19-9-7-10-20-49)59-45-46-62-66(47-59)75(64-26-16-13-23-60(64)61-24-14-17-27-65(61)75)67-48-68(71-63-25-15-18-28-69(63)78-72(71)70(62)67)77(58-43-35-54(36-44-58)74(4,5)6)57-39-31-52(32-40-57)50-21-11-8-12-22-50/h7-48H,1-6H3. The van der Waals surface area contributed by atoms with Crippen LogP contribution in [0.3, 0.4) is 0 Å². The van der Waals surface area contributed by atoms with E-state index < -0.39 is 5.41 Å². The lowest BCUT2D eigenvalue weighted by molar-refractivity contribution is 0.590. The van der Waals surface area contributed by atoms with Gasteiger partial charge in [-0.3, -0.25) is 0 Å². The van der Waals surface area contributed by atoms with Crippen LogP contribution in [0.4, 0.5) is 34.1 Å². The molecule has 0 bridgehead atoms. The quantitative estimate of drug-likeness (QED) is 0.150. The van der Waals surface area contributed by atoms with E-state index in [1.807, 2.05) is 11.3 Å². The van der Waals surface area contributed by atoms with Crippen molar-refractivity contribution >= 4 is 65.6 Å². The Hall–Kier alpha value is -8.76. The Labute approximate surface area is 463 Å². The average molecular weight is 1020 g/mol. The van der Waals surface area contributed by atoms with Gasteiger partial charge in [-0.05, 0) is 156 Å². The van der Waals surface area contributed by atoms with Crippen molar-refractivity contribution in [1.29, 1.82) is 0 Å². The van der Waals surface area contributed by atoms with E-state index in [1.54, 1.807) is 0 Å². The van der Waals surface area contributed by atoms with E-state index in [9.17, 15) is 0 Å². The number of fused-ring (bicyclic) bond motifs is 14. The molecule has 0 radical (unpaired) electrons. The number of benzene rings is 11. The van der Waals surface area contributed by atoms with Crippen LogP contribution in [0.15, 0.2) is 255 Å². The predicted molar refractivity (Wildman–Crippen MR) is 333 cm³/mol. The summed E-state index contributed by atoms with van der Waals surface area (Å²) in [6.07, 6.45) is 0. The van der Waals surface area contributed by atoms with Gasteiger partial charge in [-0.1, -0.05) is 224 Å². The summed E-state index contributed by atoms with van der Waals surface area (Å²) in [6, 6.07) is 95.8. The molecular formula is C75H60N2S. The van der Waals surface area contributed by atoms with E-state index in [1.165, 1.54) is 104 Å². The Morgan fingerprint density at radius 3 is 1.27 bits per heavy atom. The molecule has 1 heterocycles. The molecule has 376 valence electrons. The van der Waals surface area contributed by atoms with Crippen molar-refractivity contribution in [2.75, 3.05) is 9.80 Å². The fourth-order valence-electron chi connectivity index (χ4n) is 12.7. The van der Waals surface area contributed by atoms with Crippen LogP contribution in [0.2, 0.25) is 0 Å². The van der Waals surface area contributed by atoms with E-state index in [0.29, 0.717) is 0 Å². The van der Waals surface area contributed by atoms with E-state index in [2.05, 4.69) is 306 Å². The van der Waals surface area contributed by atoms with Gasteiger partial charge in [0.15, 0.2) is 0 Å². The third-order valence-electron chi connectivity index (χ3n) is 16.6. The van der Waals surface area contributed by atoms with Gasteiger partial charge in [0.1, 0.15) is 0 Å². The van der Waals surface area contributed by atoms with Gasteiger partial charge in [-0.2, -0.15) is 0 Å². The highest BCUT2D eigenvalue weighted by atomic mass is 32.1. The zero-order chi connectivity index (χ0) is 52.9. The molecule has 2 nitrogen and oxygen atoms in total. The first-order valence-electron chi connectivity index (χ1n) is 27.4. The largest absolute Gasteiger partial charge is 0.310 e. The Balaban J connectivity index is 1.06. The molecule has 78 heavy (non-hydrogen) atoms. The molecule has 0 aliphatic heterocycles. The average Bonchev–Trinajstić information content (AvgIpc) is 4.26. The predicted octanol–water partition coefficient (Wildman–Crippen LogP) is 21.3. The first-order valence-corrected chi connectivity index (χ1v) is 28.2. The van der Waals surface area contributed by atoms with Crippen molar-refractivity contribution in [3.05, 3.63) is 288 Å². The van der Waals surface area contributed by atoms with Crippen molar-refractivity contribution in [3.8, 4) is 44.5 Å². The van der Waals surface area contributed by atoms with Gasteiger partial charge in [0.2, 0.25) is 0 Å². The molecule has 2 aliphatic carbocycles. The van der Waals surface area contributed by atoms with E-state index in [4.69, 9.17) is 0 Å². The summed E-state index contributed by atoms with van der Waals surface area (Å²) < 4.78 is 2.58. The van der Waals surface area contributed by atoms with Gasteiger partial charge in [-0.25, -0.2) is 0 Å². The van der Waals surface area contributed by atoms with Gasteiger partial charge < -0.3 is 9.80 Å². The summed E-state index contributed by atoms with van der Waals surface area (Å²) in [4.78, 5) is 5.01. The van der Waals surface area contributed by atoms with E-state index in [0.717, 1.165) is 28.4 Å². The van der Waals surface area contributed by atoms with Crippen LogP contribution < -0.4 is 9.80 Å². The second-order valence-corrected chi connectivity index (χ2v) is 24.3. The van der Waals surface area contributed by atoms with Gasteiger partial charge >= 0.3 is 0 Å². The lowest BCUT2D eigenvalue weighted by atomic mass is 9.70. The summed E-state index contributed by atoms with van der Waals surface area (Å²) in [6.45, 7) is 13.8. The second kappa shape index (κ2) is 18.2. The molecule has 0 saturated heterocycles. The number of anilines is 6. The maximum Gasteiger partial charge on any atom is 0.0727 e. The SMILES string of the molecule is CC(C)(C)c1ccc(N(c2ccc(-c3ccccc3)cc2)c2ccc3c(c2)C2(c4ccccc4-c4ccccc42)c2cc(N(c4ccc(-c5ccccc5)cc4)c4ccc(C(C)(C)C)cc4)c4c(sc5ccccc54)c2-3)cc1. The number of nitrogens with zero attached hydrogens (tertiary/aromatic N) is 2. The zero-order valence-electron chi connectivity index (χ0n) is 45.1. The molecule has 11 aromatic carbocycles. The Bertz CT molecular complexity index is 4190. The lowest BCUT2D eigenvalue weighted by Gasteiger charge is -2.34. The maximum atomic E-state index is 2.60. The van der Waals surface area contributed by atoms with Crippen LogP contribution in [0.1, 0.15) is 74.9 Å². The van der Waals surface area contributed by atoms with Crippen LogP contribution in [0.25, 0.3) is 64.7 Å². The molecule has 1 aromatic heterocycles. The Morgan fingerprint density at radius 2 is 0.756 bits per heavy atom. The van der Waals surface area contributed by atoms with Crippen molar-refractivity contribution in [2.24, 2.45) is 0 Å². The molecule has 0 N–H and O–H groups in total. The fraction of sp³-hybridized carbons (Fsp3) is 0.120. The smallest absolute Gasteiger partial charge is 0.0727 e. The first-order chi connectivity index (χ1) is 37.9. The van der Waals surface area contributed by atoms with E-state index in [-0.39, 0.29) is 10.8 Å². The van der Waals surface area contributed by atoms with Crippen LogP contribution in [0, 0.1) is 0 Å². The van der Waals surface area contributed by atoms with Crippen molar-refractivity contribution < 1.29 is 0 Å². The van der Waals surface area contributed by atoms with Crippen LogP contribution in [0.5, 0.6) is 0 Å². The van der Waals surface area contributed by atoms with Crippen LogP contribution >= 0.6 is 11.3 Å². The minimum Gasteiger partial charge on any atom is -0.310 e. The molecule has 3 heteroatoms. The van der Waals surface area contributed by atoms with Gasteiger partial charge in [0, 0.05) is 54.2 Å². The van der Waals surface area contributed by atoms with Crippen LogP contribution in [-0.2, 0) is 16.2 Å². The molecule has 0 atom stereocenters. The molecular weight excluding hydrogens is 961 g/mol. The molecule has 0 saturated carbocycles. The summed E-state index contributed by atoms with van der Waals surface area (Å²) >= 11 is 1.93. The lowest BCUT2D eigenvalue weighted by Crippen LogP contribution is -2.26. The minimum atomic E-state index is -0.648.